The van der Waals surface area contributed by atoms with Crippen LogP contribution >= 0.6 is 0 Å². The second-order valence-electron chi connectivity index (χ2n) is 5.66. The molecule has 0 unspecified atom stereocenters. The number of carbonyl (C=O) groups excluding carboxylic acids is 1. The maximum Gasteiger partial charge on any atom is 0.176 e. The van der Waals surface area contributed by atoms with Gasteiger partial charge in [-0.1, -0.05) is 23.8 Å². The molecular formula is C18H19FO2. The smallest absolute Gasteiger partial charge is 0.176 e. The lowest BCUT2D eigenvalue weighted by Gasteiger charge is -2.25. The zero-order valence-electron chi connectivity index (χ0n) is 12.7. The molecule has 2 rings (SSSR count). The van der Waals surface area contributed by atoms with Crippen molar-refractivity contribution in [1.82, 2.24) is 0 Å². The average molecular weight is 286 g/mol. The van der Waals surface area contributed by atoms with Crippen LogP contribution in [-0.2, 0) is 5.41 Å². The van der Waals surface area contributed by atoms with Crippen molar-refractivity contribution >= 4 is 5.78 Å². The summed E-state index contributed by atoms with van der Waals surface area (Å²) in [5.74, 6) is 0.200. The highest BCUT2D eigenvalue weighted by atomic mass is 19.1. The fraction of sp³-hybridized carbons (Fsp3) is 0.278. The molecule has 3 heteroatoms. The fourth-order valence-corrected chi connectivity index (χ4v) is 2.33. The quantitative estimate of drug-likeness (QED) is 0.783. The molecule has 2 aromatic carbocycles. The first kappa shape index (κ1) is 15.2. The molecule has 0 bridgehead atoms. The molecule has 0 aromatic heterocycles. The van der Waals surface area contributed by atoms with Crippen LogP contribution in [0.5, 0.6) is 5.75 Å². The summed E-state index contributed by atoms with van der Waals surface area (Å²) in [7, 11) is 1.55. The van der Waals surface area contributed by atoms with Gasteiger partial charge in [-0.05, 0) is 50.6 Å². The summed E-state index contributed by atoms with van der Waals surface area (Å²) in [5, 5.41) is 0. The number of halogens is 1. The Kier molecular flexibility index (Phi) is 4.12. The van der Waals surface area contributed by atoms with Crippen LogP contribution in [0.3, 0.4) is 0 Å². The van der Waals surface area contributed by atoms with Crippen molar-refractivity contribution in [3.8, 4) is 5.75 Å². The summed E-state index contributed by atoms with van der Waals surface area (Å²) < 4.78 is 18.4. The summed E-state index contributed by atoms with van der Waals surface area (Å²) in [6.45, 7) is 5.61. The van der Waals surface area contributed by atoms with Crippen molar-refractivity contribution in [2.45, 2.75) is 26.2 Å². The van der Waals surface area contributed by atoms with Gasteiger partial charge in [-0.15, -0.1) is 0 Å². The number of benzene rings is 2. The number of ether oxygens (including phenoxy) is 1. The van der Waals surface area contributed by atoms with E-state index < -0.39 is 5.41 Å². The summed E-state index contributed by atoms with van der Waals surface area (Å²) in [4.78, 5) is 12.9. The molecule has 0 spiro atoms. The summed E-state index contributed by atoms with van der Waals surface area (Å²) in [6, 6.07) is 11.6. The van der Waals surface area contributed by atoms with E-state index in [4.69, 9.17) is 4.74 Å². The van der Waals surface area contributed by atoms with Crippen molar-refractivity contribution in [1.29, 1.82) is 0 Å². The predicted molar refractivity (Wildman–Crippen MR) is 81.5 cm³/mol. The largest absolute Gasteiger partial charge is 0.496 e. The third-order valence-corrected chi connectivity index (χ3v) is 3.73. The van der Waals surface area contributed by atoms with Gasteiger partial charge in [-0.2, -0.15) is 0 Å². The standard InChI is InChI=1S/C18H19FO2/c1-12-5-10-16(21-4)15(11-12)17(20)18(2,3)13-6-8-14(19)9-7-13/h5-11H,1-4H3. The molecule has 0 saturated carbocycles. The van der Waals surface area contributed by atoms with Crippen LogP contribution in [0.15, 0.2) is 42.5 Å². The molecule has 0 radical (unpaired) electrons. The van der Waals surface area contributed by atoms with E-state index >= 15 is 0 Å². The number of aryl methyl sites for hydroxylation is 1. The molecule has 0 amide bonds. The highest BCUT2D eigenvalue weighted by molar-refractivity contribution is 6.05. The van der Waals surface area contributed by atoms with E-state index in [1.807, 2.05) is 32.9 Å². The minimum atomic E-state index is -0.755. The summed E-state index contributed by atoms with van der Waals surface area (Å²) in [5.41, 5.74) is 1.56. The number of Topliss-reactive ketones (excluding diaryl/α,β-unsaturated/α-hetero) is 1. The van der Waals surface area contributed by atoms with E-state index in [0.717, 1.165) is 11.1 Å². The maximum atomic E-state index is 13.1. The number of rotatable bonds is 4. The molecule has 0 saturated heterocycles. The Bertz CT molecular complexity index is 657. The van der Waals surface area contributed by atoms with Gasteiger partial charge in [0.15, 0.2) is 5.78 Å². The van der Waals surface area contributed by atoms with Crippen LogP contribution in [0.25, 0.3) is 0 Å². The van der Waals surface area contributed by atoms with Gasteiger partial charge in [-0.25, -0.2) is 4.39 Å². The van der Waals surface area contributed by atoms with E-state index in [1.165, 1.54) is 12.1 Å². The molecule has 0 heterocycles. The van der Waals surface area contributed by atoms with Gasteiger partial charge in [0.25, 0.3) is 0 Å². The van der Waals surface area contributed by atoms with Crippen molar-refractivity contribution in [3.63, 3.8) is 0 Å². The number of hydrogen-bond acceptors (Lipinski definition) is 2. The Hall–Kier alpha value is -2.16. The van der Waals surface area contributed by atoms with Crippen LogP contribution in [-0.4, -0.2) is 12.9 Å². The lowest BCUT2D eigenvalue weighted by atomic mass is 9.77. The van der Waals surface area contributed by atoms with Crippen LogP contribution in [0.2, 0.25) is 0 Å². The van der Waals surface area contributed by atoms with Gasteiger partial charge in [0.05, 0.1) is 18.1 Å². The van der Waals surface area contributed by atoms with Crippen LogP contribution in [0.1, 0.15) is 35.3 Å². The van der Waals surface area contributed by atoms with Crippen LogP contribution in [0.4, 0.5) is 4.39 Å². The molecule has 2 nitrogen and oxygen atoms in total. The SMILES string of the molecule is COc1ccc(C)cc1C(=O)C(C)(C)c1ccc(F)cc1. The zero-order valence-corrected chi connectivity index (χ0v) is 12.7. The molecule has 0 atom stereocenters. The number of hydrogen-bond donors (Lipinski definition) is 0. The Balaban J connectivity index is 2.47. The van der Waals surface area contributed by atoms with Gasteiger partial charge in [0.2, 0.25) is 0 Å². The Morgan fingerprint density at radius 3 is 2.29 bits per heavy atom. The summed E-state index contributed by atoms with van der Waals surface area (Å²) >= 11 is 0. The zero-order chi connectivity index (χ0) is 15.6. The van der Waals surface area contributed by atoms with Gasteiger partial charge < -0.3 is 4.74 Å². The molecule has 21 heavy (non-hydrogen) atoms. The minimum absolute atomic E-state index is 0.0466. The molecule has 0 fully saturated rings. The monoisotopic (exact) mass is 286 g/mol. The van der Waals surface area contributed by atoms with Crippen LogP contribution in [0, 0.1) is 12.7 Å². The first-order valence-corrected chi connectivity index (χ1v) is 6.81. The van der Waals surface area contributed by atoms with E-state index in [1.54, 1.807) is 25.3 Å². The highest BCUT2D eigenvalue weighted by Crippen LogP contribution is 2.32. The Morgan fingerprint density at radius 2 is 1.71 bits per heavy atom. The lowest BCUT2D eigenvalue weighted by Crippen LogP contribution is -2.29. The Labute approximate surface area is 124 Å². The molecular weight excluding hydrogens is 267 g/mol. The fourth-order valence-electron chi connectivity index (χ4n) is 2.33. The topological polar surface area (TPSA) is 26.3 Å². The van der Waals surface area contributed by atoms with Crippen molar-refractivity contribution in [2.24, 2.45) is 0 Å². The second-order valence-corrected chi connectivity index (χ2v) is 5.66. The first-order chi connectivity index (χ1) is 9.86. The average Bonchev–Trinajstić information content (AvgIpc) is 2.46. The predicted octanol–water partition coefficient (Wildman–Crippen LogP) is 4.30. The molecule has 0 N–H and O–H groups in total. The van der Waals surface area contributed by atoms with E-state index in [0.29, 0.717) is 11.3 Å². The summed E-state index contributed by atoms with van der Waals surface area (Å²) in [6.07, 6.45) is 0. The second kappa shape index (κ2) is 5.68. The molecule has 0 aliphatic carbocycles. The number of ketones is 1. The molecule has 0 aliphatic rings. The maximum absolute atomic E-state index is 13.1. The van der Waals surface area contributed by atoms with Gasteiger partial charge in [-0.3, -0.25) is 4.79 Å². The third kappa shape index (κ3) is 2.97. The minimum Gasteiger partial charge on any atom is -0.496 e. The number of carbonyl (C=O) groups is 1. The Morgan fingerprint density at radius 1 is 1.10 bits per heavy atom. The van der Waals surface area contributed by atoms with Crippen LogP contribution < -0.4 is 4.74 Å². The number of methoxy groups -OCH3 is 1. The highest BCUT2D eigenvalue weighted by Gasteiger charge is 2.32. The molecule has 110 valence electrons. The van der Waals surface area contributed by atoms with Crippen molar-refractivity contribution in [2.75, 3.05) is 7.11 Å². The molecule has 2 aromatic rings. The van der Waals surface area contributed by atoms with Gasteiger partial charge in [0, 0.05) is 0 Å². The normalized spacial score (nSPS) is 11.3. The van der Waals surface area contributed by atoms with Gasteiger partial charge in [0.1, 0.15) is 11.6 Å². The first-order valence-electron chi connectivity index (χ1n) is 6.81. The van der Waals surface area contributed by atoms with Crippen molar-refractivity contribution in [3.05, 3.63) is 65.0 Å². The molecule has 0 aliphatic heterocycles. The lowest BCUT2D eigenvalue weighted by molar-refractivity contribution is 0.0905. The third-order valence-electron chi connectivity index (χ3n) is 3.73. The van der Waals surface area contributed by atoms with E-state index in [-0.39, 0.29) is 11.6 Å². The van der Waals surface area contributed by atoms with E-state index in [9.17, 15) is 9.18 Å². The van der Waals surface area contributed by atoms with Gasteiger partial charge >= 0.3 is 0 Å². The van der Waals surface area contributed by atoms with Crippen molar-refractivity contribution < 1.29 is 13.9 Å². The van der Waals surface area contributed by atoms with E-state index in [2.05, 4.69) is 0 Å².